The number of rotatable bonds is 0. The van der Waals surface area contributed by atoms with Crippen LogP contribution in [0, 0.1) is 0 Å². The average Bonchev–Trinajstić information content (AvgIpc) is 0. The summed E-state index contributed by atoms with van der Waals surface area (Å²) in [7, 11) is 0. The van der Waals surface area contributed by atoms with Gasteiger partial charge in [-0.1, -0.05) is 0 Å². The molecule has 0 aliphatic rings. The summed E-state index contributed by atoms with van der Waals surface area (Å²) in [5.74, 6) is 0. The first-order valence-electron chi connectivity index (χ1n) is 0. The standard InChI is InChI=1S/Mo.3O.P/q+6;3*-2;. The zero-order valence-corrected chi connectivity index (χ0v) is 4.98. The van der Waals surface area contributed by atoms with Crippen molar-refractivity contribution in [2.24, 2.45) is 0 Å². The molecule has 3 nitrogen and oxygen atoms in total. The SMILES string of the molecule is [Mo+6].[O-2].[O-2].[O-2].[P]. The van der Waals surface area contributed by atoms with Crippen LogP contribution >= 0.6 is 9.90 Å². The summed E-state index contributed by atoms with van der Waals surface area (Å²) < 4.78 is 0. The molecule has 0 rings (SSSR count). The van der Waals surface area contributed by atoms with Crippen molar-refractivity contribution in [3.8, 4) is 0 Å². The van der Waals surface area contributed by atoms with Crippen molar-refractivity contribution >= 4 is 9.90 Å². The maximum atomic E-state index is 0. The zero-order chi connectivity index (χ0) is 0. The van der Waals surface area contributed by atoms with E-state index in [0.29, 0.717) is 0 Å². The van der Waals surface area contributed by atoms with Gasteiger partial charge in [0, 0.05) is 9.90 Å². The topological polar surface area (TPSA) is 85.5 Å². The van der Waals surface area contributed by atoms with Gasteiger partial charge >= 0.3 is 21.1 Å². The molecule has 0 aromatic heterocycles. The maximum Gasteiger partial charge on any atom is 6.00 e. The van der Waals surface area contributed by atoms with E-state index in [-0.39, 0.29) is 47.4 Å². The molecule has 0 aliphatic heterocycles. The molecule has 0 aromatic carbocycles. The first-order valence-corrected chi connectivity index (χ1v) is 0. The van der Waals surface area contributed by atoms with E-state index >= 15 is 0 Å². The second-order valence-electron chi connectivity index (χ2n) is 0. The van der Waals surface area contributed by atoms with Crippen LogP contribution in [0.15, 0.2) is 0 Å². The van der Waals surface area contributed by atoms with E-state index in [9.17, 15) is 0 Å². The van der Waals surface area contributed by atoms with Crippen LogP contribution in [-0.4, -0.2) is 0 Å². The van der Waals surface area contributed by atoms with Crippen molar-refractivity contribution in [1.29, 1.82) is 0 Å². The van der Waals surface area contributed by atoms with Crippen molar-refractivity contribution in [3.63, 3.8) is 0 Å². The predicted octanol–water partition coefficient (Wildman–Crippen LogP) is 0.502. The normalized spacial score (nSPS) is 0. The van der Waals surface area contributed by atoms with Gasteiger partial charge in [0.2, 0.25) is 0 Å². The third kappa shape index (κ3) is 45.1. The monoisotopic (exact) mass is 177 g/mol. The van der Waals surface area contributed by atoms with E-state index in [2.05, 4.69) is 0 Å². The fourth-order valence-corrected chi connectivity index (χ4v) is 0. The van der Waals surface area contributed by atoms with Crippen LogP contribution in [0.4, 0.5) is 0 Å². The van der Waals surface area contributed by atoms with E-state index in [0.717, 1.165) is 0 Å². The van der Waals surface area contributed by atoms with Crippen molar-refractivity contribution in [3.05, 3.63) is 0 Å². The Balaban J connectivity index is 0. The summed E-state index contributed by atoms with van der Waals surface area (Å²) in [5, 5.41) is 0. The molecule has 0 heterocycles. The Morgan fingerprint density at radius 3 is 0.600 bits per heavy atom. The van der Waals surface area contributed by atoms with Crippen molar-refractivity contribution in [1.82, 2.24) is 0 Å². The minimum atomic E-state index is 0. The number of hydrogen-bond donors (Lipinski definition) is 0. The number of hydrogen-bond acceptors (Lipinski definition) is 0. The molecule has 3 radical (unpaired) electrons. The molecule has 0 saturated carbocycles. The Morgan fingerprint density at radius 2 is 0.600 bits per heavy atom. The summed E-state index contributed by atoms with van der Waals surface area (Å²) in [5.41, 5.74) is 0. The van der Waals surface area contributed by atoms with Gasteiger partial charge in [-0.3, -0.25) is 0 Å². The Bertz CT molecular complexity index is 6.85. The van der Waals surface area contributed by atoms with E-state index in [1.165, 1.54) is 0 Å². The molecule has 29 valence electrons. The summed E-state index contributed by atoms with van der Waals surface area (Å²) in [6.07, 6.45) is 0. The van der Waals surface area contributed by atoms with Gasteiger partial charge in [-0.2, -0.15) is 0 Å². The molecule has 0 saturated heterocycles. The van der Waals surface area contributed by atoms with Crippen molar-refractivity contribution in [2.45, 2.75) is 0 Å². The second-order valence-corrected chi connectivity index (χ2v) is 0. The van der Waals surface area contributed by atoms with Gasteiger partial charge in [0.1, 0.15) is 0 Å². The molecule has 0 bridgehead atoms. The van der Waals surface area contributed by atoms with Gasteiger partial charge in [0.25, 0.3) is 0 Å². The quantitative estimate of drug-likeness (QED) is 0.379. The molecule has 0 spiro atoms. The summed E-state index contributed by atoms with van der Waals surface area (Å²) in [6.45, 7) is 0. The van der Waals surface area contributed by atoms with Crippen molar-refractivity contribution < 1.29 is 37.5 Å². The van der Waals surface area contributed by atoms with E-state index < -0.39 is 0 Å². The molecule has 0 aliphatic carbocycles. The van der Waals surface area contributed by atoms with Crippen LogP contribution < -0.4 is 0 Å². The van der Waals surface area contributed by atoms with Gasteiger partial charge in [0.05, 0.1) is 0 Å². The minimum absolute atomic E-state index is 0. The molecule has 5 heavy (non-hydrogen) atoms. The molecule has 0 aromatic rings. The largest absolute Gasteiger partial charge is 6.00 e. The first kappa shape index (κ1) is 150. The van der Waals surface area contributed by atoms with Gasteiger partial charge in [-0.05, 0) is 0 Å². The van der Waals surface area contributed by atoms with Crippen LogP contribution in [0.5, 0.6) is 0 Å². The molecule has 5 heteroatoms. The van der Waals surface area contributed by atoms with Crippen LogP contribution in [0.25, 0.3) is 0 Å². The predicted molar refractivity (Wildman–Crippen MR) is 8.98 cm³/mol. The molecule has 0 amide bonds. The summed E-state index contributed by atoms with van der Waals surface area (Å²) >= 11 is 0. The van der Waals surface area contributed by atoms with Crippen LogP contribution in [0.3, 0.4) is 0 Å². The van der Waals surface area contributed by atoms with E-state index in [1.807, 2.05) is 0 Å². The molecule has 0 fully saturated rings. The van der Waals surface area contributed by atoms with Crippen LogP contribution in [0.1, 0.15) is 0 Å². The molecule has 0 unspecified atom stereocenters. The third-order valence-electron chi connectivity index (χ3n) is 0. The third-order valence-corrected chi connectivity index (χ3v) is 0. The van der Waals surface area contributed by atoms with Crippen molar-refractivity contribution in [2.75, 3.05) is 0 Å². The molecular weight excluding hydrogens is 175 g/mol. The Labute approximate surface area is 47.9 Å². The average molecular weight is 175 g/mol. The summed E-state index contributed by atoms with van der Waals surface area (Å²) in [6, 6.07) is 0. The van der Waals surface area contributed by atoms with Gasteiger partial charge in [-0.25, -0.2) is 0 Å². The molecule has 0 atom stereocenters. The van der Waals surface area contributed by atoms with Gasteiger partial charge < -0.3 is 16.4 Å². The van der Waals surface area contributed by atoms with E-state index in [4.69, 9.17) is 0 Å². The zero-order valence-electron chi connectivity index (χ0n) is 2.08. The Kier molecular flexibility index (Phi) is 2410. The summed E-state index contributed by atoms with van der Waals surface area (Å²) in [4.78, 5) is 0. The molecule has 0 N–H and O–H groups in total. The van der Waals surface area contributed by atoms with Crippen LogP contribution in [-0.2, 0) is 37.5 Å². The Morgan fingerprint density at radius 1 is 0.600 bits per heavy atom. The minimum Gasteiger partial charge on any atom is -2.00 e. The second kappa shape index (κ2) is 80.2. The molecular formula is MoO3P. The van der Waals surface area contributed by atoms with Gasteiger partial charge in [-0.15, -0.1) is 0 Å². The van der Waals surface area contributed by atoms with Gasteiger partial charge in [0.15, 0.2) is 0 Å². The maximum absolute atomic E-state index is 0. The fraction of sp³-hybridized carbons (Fsp3) is 0. The Hall–Kier alpha value is 0.998. The van der Waals surface area contributed by atoms with Crippen LogP contribution in [0.2, 0.25) is 0 Å². The smallest absolute Gasteiger partial charge is 2.00 e. The van der Waals surface area contributed by atoms with E-state index in [1.54, 1.807) is 0 Å². The fourth-order valence-electron chi connectivity index (χ4n) is 0. The first-order chi connectivity index (χ1) is 0.